The largest absolute Gasteiger partial charge is 0.370 e. The standard InChI is InChI=1S/C14H27N3O/c1-2-16-11-9-12-5-3-6-13(10-11)17(12)8-4-7-14(15)18/h11-13,16H,2-10H2,1H3,(H2,15,18). The van der Waals surface area contributed by atoms with Gasteiger partial charge in [0.05, 0.1) is 0 Å². The lowest BCUT2D eigenvalue weighted by molar-refractivity contribution is -0.118. The SMILES string of the molecule is CCNC1CC2CCCC(C1)N2CCCC(N)=O. The minimum absolute atomic E-state index is 0.164. The van der Waals surface area contributed by atoms with Crippen molar-refractivity contribution in [3.05, 3.63) is 0 Å². The van der Waals surface area contributed by atoms with Gasteiger partial charge in [0.2, 0.25) is 5.91 Å². The van der Waals surface area contributed by atoms with Crippen molar-refractivity contribution in [1.82, 2.24) is 10.2 Å². The summed E-state index contributed by atoms with van der Waals surface area (Å²) in [6.45, 7) is 4.32. The number of piperidine rings is 2. The summed E-state index contributed by atoms with van der Waals surface area (Å²) in [5, 5.41) is 3.61. The molecule has 4 nitrogen and oxygen atoms in total. The van der Waals surface area contributed by atoms with Crippen molar-refractivity contribution < 1.29 is 4.79 Å². The molecule has 2 aliphatic rings. The van der Waals surface area contributed by atoms with Gasteiger partial charge in [-0.05, 0) is 45.2 Å². The lowest BCUT2D eigenvalue weighted by atomic mass is 9.81. The Morgan fingerprint density at radius 1 is 1.33 bits per heavy atom. The van der Waals surface area contributed by atoms with Crippen LogP contribution in [0.5, 0.6) is 0 Å². The van der Waals surface area contributed by atoms with Gasteiger partial charge in [0.1, 0.15) is 0 Å². The van der Waals surface area contributed by atoms with Crippen molar-refractivity contribution in [1.29, 1.82) is 0 Å². The number of hydrogen-bond donors (Lipinski definition) is 2. The molecule has 0 saturated carbocycles. The predicted octanol–water partition coefficient (Wildman–Crippen LogP) is 1.25. The van der Waals surface area contributed by atoms with E-state index < -0.39 is 0 Å². The van der Waals surface area contributed by atoms with Crippen molar-refractivity contribution in [3.8, 4) is 0 Å². The maximum absolute atomic E-state index is 10.8. The van der Waals surface area contributed by atoms with Crippen LogP contribution in [0.4, 0.5) is 0 Å². The summed E-state index contributed by atoms with van der Waals surface area (Å²) in [6, 6.07) is 2.17. The minimum Gasteiger partial charge on any atom is -0.370 e. The van der Waals surface area contributed by atoms with Gasteiger partial charge < -0.3 is 11.1 Å². The molecule has 2 saturated heterocycles. The molecule has 18 heavy (non-hydrogen) atoms. The van der Waals surface area contributed by atoms with E-state index in [1.807, 2.05) is 0 Å². The number of amides is 1. The van der Waals surface area contributed by atoms with Gasteiger partial charge in [0.15, 0.2) is 0 Å². The molecule has 0 aliphatic carbocycles. The highest BCUT2D eigenvalue weighted by molar-refractivity contribution is 5.73. The van der Waals surface area contributed by atoms with Crippen molar-refractivity contribution in [2.75, 3.05) is 13.1 Å². The molecule has 2 bridgehead atoms. The van der Waals surface area contributed by atoms with Gasteiger partial charge in [0.25, 0.3) is 0 Å². The van der Waals surface area contributed by atoms with Crippen LogP contribution < -0.4 is 11.1 Å². The molecule has 0 aromatic rings. The van der Waals surface area contributed by atoms with Gasteiger partial charge in [-0.2, -0.15) is 0 Å². The first-order chi connectivity index (χ1) is 8.70. The maximum atomic E-state index is 10.8. The highest BCUT2D eigenvalue weighted by Gasteiger charge is 2.37. The number of carbonyl (C=O) groups is 1. The third kappa shape index (κ3) is 3.45. The first-order valence-corrected chi connectivity index (χ1v) is 7.48. The quantitative estimate of drug-likeness (QED) is 0.749. The van der Waals surface area contributed by atoms with Crippen LogP contribution in [-0.4, -0.2) is 42.0 Å². The maximum Gasteiger partial charge on any atom is 0.217 e. The summed E-state index contributed by atoms with van der Waals surface area (Å²) < 4.78 is 0. The molecule has 0 radical (unpaired) electrons. The molecule has 0 aromatic carbocycles. The second-order valence-electron chi connectivity index (χ2n) is 5.77. The monoisotopic (exact) mass is 253 g/mol. The number of carbonyl (C=O) groups excluding carboxylic acids is 1. The van der Waals surface area contributed by atoms with Crippen LogP contribution in [0.1, 0.15) is 51.9 Å². The normalized spacial score (nSPS) is 32.4. The highest BCUT2D eigenvalue weighted by atomic mass is 16.1. The molecule has 3 N–H and O–H groups in total. The summed E-state index contributed by atoms with van der Waals surface area (Å²) in [6.07, 6.45) is 8.05. The molecule has 2 fully saturated rings. The van der Waals surface area contributed by atoms with Crippen LogP contribution in [0.3, 0.4) is 0 Å². The molecule has 4 heteroatoms. The first kappa shape index (κ1) is 13.8. The molecule has 104 valence electrons. The topological polar surface area (TPSA) is 58.4 Å². The Balaban J connectivity index is 1.85. The number of nitrogens with one attached hydrogen (secondary N) is 1. The summed E-state index contributed by atoms with van der Waals surface area (Å²) in [5.41, 5.74) is 5.22. The Kier molecular flexibility index (Phi) is 5.01. The third-order valence-electron chi connectivity index (χ3n) is 4.46. The Morgan fingerprint density at radius 2 is 2.00 bits per heavy atom. The number of nitrogens with zero attached hydrogens (tertiary/aromatic N) is 1. The van der Waals surface area contributed by atoms with Gasteiger partial charge in [-0.1, -0.05) is 13.3 Å². The predicted molar refractivity (Wildman–Crippen MR) is 73.3 cm³/mol. The number of primary amides is 1. The van der Waals surface area contributed by atoms with Crippen LogP contribution in [-0.2, 0) is 4.79 Å². The second kappa shape index (κ2) is 6.53. The van der Waals surface area contributed by atoms with Crippen LogP contribution in [0.2, 0.25) is 0 Å². The van der Waals surface area contributed by atoms with E-state index in [9.17, 15) is 4.79 Å². The molecule has 2 atom stereocenters. The third-order valence-corrected chi connectivity index (χ3v) is 4.46. The van der Waals surface area contributed by atoms with Crippen molar-refractivity contribution in [2.24, 2.45) is 5.73 Å². The van der Waals surface area contributed by atoms with Gasteiger partial charge in [-0.3, -0.25) is 9.69 Å². The van der Waals surface area contributed by atoms with Crippen molar-refractivity contribution >= 4 is 5.91 Å². The van der Waals surface area contributed by atoms with Crippen molar-refractivity contribution in [2.45, 2.75) is 70.0 Å². The number of rotatable bonds is 6. The lowest BCUT2D eigenvalue weighted by Crippen LogP contribution is -2.56. The smallest absolute Gasteiger partial charge is 0.217 e. The van der Waals surface area contributed by atoms with E-state index in [1.165, 1.54) is 32.1 Å². The number of nitrogens with two attached hydrogens (primary N) is 1. The molecule has 0 spiro atoms. The van der Waals surface area contributed by atoms with E-state index in [-0.39, 0.29) is 5.91 Å². The summed E-state index contributed by atoms with van der Waals surface area (Å²) in [5.74, 6) is -0.164. The fourth-order valence-electron chi connectivity index (χ4n) is 3.73. The molecular formula is C14H27N3O. The zero-order chi connectivity index (χ0) is 13.0. The number of fused-ring (bicyclic) bond motifs is 2. The van der Waals surface area contributed by atoms with E-state index >= 15 is 0 Å². The van der Waals surface area contributed by atoms with Crippen LogP contribution in [0, 0.1) is 0 Å². The number of hydrogen-bond acceptors (Lipinski definition) is 3. The zero-order valence-corrected chi connectivity index (χ0v) is 11.5. The van der Waals surface area contributed by atoms with E-state index in [2.05, 4.69) is 17.1 Å². The highest BCUT2D eigenvalue weighted by Crippen LogP contribution is 2.34. The lowest BCUT2D eigenvalue weighted by Gasteiger charge is -2.49. The van der Waals surface area contributed by atoms with Crippen LogP contribution in [0.25, 0.3) is 0 Å². The average Bonchev–Trinajstić information content (AvgIpc) is 2.29. The molecular weight excluding hydrogens is 226 g/mol. The fourth-order valence-corrected chi connectivity index (χ4v) is 3.73. The van der Waals surface area contributed by atoms with Gasteiger partial charge in [0, 0.05) is 24.5 Å². The molecule has 0 aromatic heterocycles. The Bertz CT molecular complexity index is 268. The summed E-state index contributed by atoms with van der Waals surface area (Å²) >= 11 is 0. The van der Waals surface area contributed by atoms with Gasteiger partial charge in [-0.25, -0.2) is 0 Å². The Labute approximate surface area is 110 Å². The average molecular weight is 253 g/mol. The summed E-state index contributed by atoms with van der Waals surface area (Å²) in [7, 11) is 0. The second-order valence-corrected chi connectivity index (χ2v) is 5.77. The fraction of sp³-hybridized carbons (Fsp3) is 0.929. The molecule has 2 aliphatic heterocycles. The van der Waals surface area contributed by atoms with Crippen molar-refractivity contribution in [3.63, 3.8) is 0 Å². The van der Waals surface area contributed by atoms with Crippen LogP contribution >= 0.6 is 0 Å². The molecule has 2 heterocycles. The van der Waals surface area contributed by atoms with Crippen LogP contribution in [0.15, 0.2) is 0 Å². The molecule has 1 amide bonds. The Morgan fingerprint density at radius 3 is 2.56 bits per heavy atom. The summed E-state index contributed by atoms with van der Waals surface area (Å²) in [4.78, 5) is 13.5. The van der Waals surface area contributed by atoms with E-state index in [0.717, 1.165) is 31.6 Å². The van der Waals surface area contributed by atoms with E-state index in [4.69, 9.17) is 5.73 Å². The Hall–Kier alpha value is -0.610. The van der Waals surface area contributed by atoms with E-state index in [0.29, 0.717) is 12.5 Å². The minimum atomic E-state index is -0.164. The zero-order valence-electron chi connectivity index (χ0n) is 11.5. The van der Waals surface area contributed by atoms with E-state index in [1.54, 1.807) is 0 Å². The molecule has 2 rings (SSSR count). The van der Waals surface area contributed by atoms with Gasteiger partial charge >= 0.3 is 0 Å². The molecule has 2 unspecified atom stereocenters. The van der Waals surface area contributed by atoms with Gasteiger partial charge in [-0.15, -0.1) is 0 Å². The first-order valence-electron chi connectivity index (χ1n) is 7.48.